The number of hydrogen-bond donors (Lipinski definition) is 1. The number of ether oxygens (including phenoxy) is 2. The van der Waals surface area contributed by atoms with Crippen LogP contribution in [0.25, 0.3) is 0 Å². The summed E-state index contributed by atoms with van der Waals surface area (Å²) in [5.41, 5.74) is 1.23. The van der Waals surface area contributed by atoms with Gasteiger partial charge in [-0.1, -0.05) is 36.7 Å². The van der Waals surface area contributed by atoms with Crippen molar-refractivity contribution in [2.24, 2.45) is 5.92 Å². The van der Waals surface area contributed by atoms with Gasteiger partial charge in [0.1, 0.15) is 0 Å². The van der Waals surface area contributed by atoms with Crippen molar-refractivity contribution in [3.8, 4) is 11.5 Å². The van der Waals surface area contributed by atoms with E-state index in [4.69, 9.17) is 9.47 Å². The molecule has 1 N–H and O–H groups in total. The maximum Gasteiger partial charge on any atom is 0.161 e. The van der Waals surface area contributed by atoms with Gasteiger partial charge in [0.25, 0.3) is 0 Å². The lowest BCUT2D eigenvalue weighted by molar-refractivity contribution is 0.352. The van der Waals surface area contributed by atoms with Gasteiger partial charge in [0.05, 0.1) is 14.2 Å². The highest BCUT2D eigenvalue weighted by molar-refractivity contribution is 9.10. The third kappa shape index (κ3) is 4.67. The van der Waals surface area contributed by atoms with Crippen LogP contribution in [0.2, 0.25) is 0 Å². The van der Waals surface area contributed by atoms with E-state index in [1.807, 2.05) is 6.07 Å². The van der Waals surface area contributed by atoms with Crippen molar-refractivity contribution >= 4 is 15.9 Å². The molecule has 4 heteroatoms. The molecule has 1 atom stereocenters. The van der Waals surface area contributed by atoms with Crippen LogP contribution in [0.3, 0.4) is 0 Å². The van der Waals surface area contributed by atoms with Crippen LogP contribution in [-0.2, 0) is 0 Å². The number of halogens is 1. The standard InChI is InChI=1S/C16H26BrNO2/c1-6-7-18-14(8-11(2)3)12-9-15(19-4)16(20-5)10-13(12)17/h9-11,14,18H,6-8H2,1-5H3. The number of nitrogens with one attached hydrogen (secondary N) is 1. The third-order valence-electron chi connectivity index (χ3n) is 3.23. The molecule has 1 rings (SSSR count). The normalized spacial score (nSPS) is 12.6. The van der Waals surface area contributed by atoms with E-state index in [1.165, 1.54) is 5.56 Å². The quantitative estimate of drug-likeness (QED) is 0.750. The molecule has 0 aromatic heterocycles. The molecule has 1 unspecified atom stereocenters. The van der Waals surface area contributed by atoms with Gasteiger partial charge in [-0.05, 0) is 43.0 Å². The zero-order valence-electron chi connectivity index (χ0n) is 13.1. The van der Waals surface area contributed by atoms with Gasteiger partial charge in [0, 0.05) is 10.5 Å². The zero-order valence-corrected chi connectivity index (χ0v) is 14.7. The number of methoxy groups -OCH3 is 2. The summed E-state index contributed by atoms with van der Waals surface area (Å²) >= 11 is 3.66. The van der Waals surface area contributed by atoms with Crippen LogP contribution in [0, 0.1) is 5.92 Å². The predicted octanol–water partition coefficient (Wildman–Crippen LogP) is 4.55. The van der Waals surface area contributed by atoms with E-state index in [0.717, 1.165) is 35.4 Å². The molecule has 0 fully saturated rings. The summed E-state index contributed by atoms with van der Waals surface area (Å²) in [7, 11) is 3.33. The minimum absolute atomic E-state index is 0.323. The van der Waals surface area contributed by atoms with E-state index in [9.17, 15) is 0 Å². The van der Waals surface area contributed by atoms with Gasteiger partial charge in [-0.25, -0.2) is 0 Å². The second-order valence-electron chi connectivity index (χ2n) is 5.36. The molecule has 0 aliphatic rings. The highest BCUT2D eigenvalue weighted by Crippen LogP contribution is 2.37. The van der Waals surface area contributed by atoms with Crippen LogP contribution >= 0.6 is 15.9 Å². The largest absolute Gasteiger partial charge is 0.493 e. The molecule has 1 aromatic carbocycles. The lowest BCUT2D eigenvalue weighted by atomic mass is 9.96. The molecular formula is C16H26BrNO2. The molecule has 0 radical (unpaired) electrons. The smallest absolute Gasteiger partial charge is 0.161 e. The third-order valence-corrected chi connectivity index (χ3v) is 3.91. The van der Waals surface area contributed by atoms with Gasteiger partial charge in [0.2, 0.25) is 0 Å². The Morgan fingerprint density at radius 3 is 2.25 bits per heavy atom. The topological polar surface area (TPSA) is 30.5 Å². The minimum Gasteiger partial charge on any atom is -0.493 e. The number of benzene rings is 1. The van der Waals surface area contributed by atoms with E-state index in [2.05, 4.69) is 48.1 Å². The van der Waals surface area contributed by atoms with Gasteiger partial charge in [0.15, 0.2) is 11.5 Å². The maximum atomic E-state index is 5.42. The molecule has 0 bridgehead atoms. The monoisotopic (exact) mass is 343 g/mol. The second kappa shape index (κ2) is 8.53. The molecule has 0 aliphatic carbocycles. The first-order chi connectivity index (χ1) is 9.53. The molecule has 0 aliphatic heterocycles. The van der Waals surface area contributed by atoms with Gasteiger partial charge in [-0.3, -0.25) is 0 Å². The first-order valence-electron chi connectivity index (χ1n) is 7.18. The van der Waals surface area contributed by atoms with E-state index < -0.39 is 0 Å². The predicted molar refractivity (Wildman–Crippen MR) is 87.7 cm³/mol. The van der Waals surface area contributed by atoms with E-state index in [-0.39, 0.29) is 0 Å². The Kier molecular flexibility index (Phi) is 7.38. The van der Waals surface area contributed by atoms with Gasteiger partial charge < -0.3 is 14.8 Å². The highest BCUT2D eigenvalue weighted by atomic mass is 79.9. The second-order valence-corrected chi connectivity index (χ2v) is 6.22. The lowest BCUT2D eigenvalue weighted by Gasteiger charge is -2.23. The number of hydrogen-bond acceptors (Lipinski definition) is 3. The highest BCUT2D eigenvalue weighted by Gasteiger charge is 2.18. The summed E-state index contributed by atoms with van der Waals surface area (Å²) in [5, 5.41) is 3.62. The molecule has 0 saturated carbocycles. The summed E-state index contributed by atoms with van der Waals surface area (Å²) in [6.07, 6.45) is 2.22. The zero-order chi connectivity index (χ0) is 15.1. The molecule has 0 amide bonds. The van der Waals surface area contributed by atoms with Crippen molar-refractivity contribution in [2.75, 3.05) is 20.8 Å². The Bertz CT molecular complexity index is 421. The van der Waals surface area contributed by atoms with Crippen LogP contribution in [0.1, 0.15) is 45.2 Å². The van der Waals surface area contributed by atoms with Crippen molar-refractivity contribution in [3.63, 3.8) is 0 Å². The molecule has 20 heavy (non-hydrogen) atoms. The molecule has 0 saturated heterocycles. The summed E-state index contributed by atoms with van der Waals surface area (Å²) in [6, 6.07) is 4.37. The van der Waals surface area contributed by atoms with E-state index in [1.54, 1.807) is 14.2 Å². The molecule has 1 aromatic rings. The Balaban J connectivity index is 3.10. The maximum absolute atomic E-state index is 5.42. The van der Waals surface area contributed by atoms with Crippen LogP contribution in [0.5, 0.6) is 11.5 Å². The van der Waals surface area contributed by atoms with Gasteiger partial charge in [-0.2, -0.15) is 0 Å². The SMILES string of the molecule is CCCNC(CC(C)C)c1cc(OC)c(OC)cc1Br. The Hall–Kier alpha value is -0.740. The van der Waals surface area contributed by atoms with Crippen molar-refractivity contribution in [1.82, 2.24) is 5.32 Å². The summed E-state index contributed by atoms with van der Waals surface area (Å²) in [4.78, 5) is 0. The number of rotatable bonds is 8. The fourth-order valence-electron chi connectivity index (χ4n) is 2.25. The fraction of sp³-hybridized carbons (Fsp3) is 0.625. The van der Waals surface area contributed by atoms with E-state index >= 15 is 0 Å². The van der Waals surface area contributed by atoms with Crippen molar-refractivity contribution < 1.29 is 9.47 Å². The Morgan fingerprint density at radius 1 is 1.15 bits per heavy atom. The first-order valence-corrected chi connectivity index (χ1v) is 7.97. The first kappa shape index (κ1) is 17.3. The average Bonchev–Trinajstić information content (AvgIpc) is 2.42. The summed E-state index contributed by atoms with van der Waals surface area (Å²) in [5.74, 6) is 2.16. The lowest BCUT2D eigenvalue weighted by Crippen LogP contribution is -2.24. The van der Waals surface area contributed by atoms with Gasteiger partial charge >= 0.3 is 0 Å². The van der Waals surface area contributed by atoms with Crippen LogP contribution in [0.15, 0.2) is 16.6 Å². The minimum atomic E-state index is 0.323. The summed E-state index contributed by atoms with van der Waals surface area (Å²) in [6.45, 7) is 7.69. The van der Waals surface area contributed by atoms with Crippen molar-refractivity contribution in [2.45, 2.75) is 39.7 Å². The van der Waals surface area contributed by atoms with Crippen molar-refractivity contribution in [1.29, 1.82) is 0 Å². The fourth-order valence-corrected chi connectivity index (χ4v) is 2.85. The Morgan fingerprint density at radius 2 is 1.75 bits per heavy atom. The molecule has 114 valence electrons. The van der Waals surface area contributed by atoms with Crippen LogP contribution in [0.4, 0.5) is 0 Å². The van der Waals surface area contributed by atoms with Gasteiger partial charge in [-0.15, -0.1) is 0 Å². The average molecular weight is 344 g/mol. The Labute approximate surface area is 131 Å². The summed E-state index contributed by atoms with van der Waals surface area (Å²) < 4.78 is 11.8. The molecular weight excluding hydrogens is 318 g/mol. The molecule has 0 heterocycles. The van der Waals surface area contributed by atoms with E-state index in [0.29, 0.717) is 12.0 Å². The van der Waals surface area contributed by atoms with Crippen molar-refractivity contribution in [3.05, 3.63) is 22.2 Å². The van der Waals surface area contributed by atoms with Crippen LogP contribution in [-0.4, -0.2) is 20.8 Å². The molecule has 0 spiro atoms. The molecule has 3 nitrogen and oxygen atoms in total. The van der Waals surface area contributed by atoms with Crippen LogP contribution < -0.4 is 14.8 Å².